The van der Waals surface area contributed by atoms with Crippen molar-refractivity contribution in [3.05, 3.63) is 18.2 Å². The molecule has 0 aromatic carbocycles. The van der Waals surface area contributed by atoms with Gasteiger partial charge in [-0.05, 0) is 50.4 Å². The lowest BCUT2D eigenvalue weighted by Gasteiger charge is -2.43. The summed E-state index contributed by atoms with van der Waals surface area (Å²) in [6.07, 6.45) is 11.6. The molecule has 136 valence electrons. The number of hydrogen-bond donors (Lipinski definition) is 2. The predicted octanol–water partition coefficient (Wildman–Crippen LogP) is 3.35. The second kappa shape index (κ2) is 9.09. The molecule has 1 aliphatic rings. The molecule has 1 saturated carbocycles. The summed E-state index contributed by atoms with van der Waals surface area (Å²) >= 11 is 0. The summed E-state index contributed by atoms with van der Waals surface area (Å²) in [6.45, 7) is 9.77. The van der Waals surface area contributed by atoms with Crippen molar-refractivity contribution in [1.82, 2.24) is 20.2 Å². The number of aliphatic imine (C=N–C) groups is 1. The Hall–Kier alpha value is -1.52. The van der Waals surface area contributed by atoms with E-state index in [9.17, 15) is 0 Å². The van der Waals surface area contributed by atoms with Crippen LogP contribution in [0.4, 0.5) is 0 Å². The van der Waals surface area contributed by atoms with E-state index in [1.54, 1.807) is 0 Å². The Balaban J connectivity index is 1.63. The summed E-state index contributed by atoms with van der Waals surface area (Å²) in [5.74, 6) is 2.81. The Morgan fingerprint density at radius 2 is 2.12 bits per heavy atom. The molecule has 0 spiro atoms. The summed E-state index contributed by atoms with van der Waals surface area (Å²) in [5.41, 5.74) is 0.505. The minimum Gasteiger partial charge on any atom is -0.356 e. The van der Waals surface area contributed by atoms with Crippen molar-refractivity contribution in [3.8, 4) is 0 Å². The van der Waals surface area contributed by atoms with Crippen LogP contribution in [0.1, 0.15) is 58.2 Å². The van der Waals surface area contributed by atoms with Crippen molar-refractivity contribution in [3.63, 3.8) is 0 Å². The highest BCUT2D eigenvalue weighted by atomic mass is 15.2. The Bertz CT molecular complexity index is 514. The summed E-state index contributed by atoms with van der Waals surface area (Å²) in [6, 6.07) is 0. The molecule has 1 aromatic heterocycles. The third-order valence-corrected chi connectivity index (χ3v) is 5.15. The monoisotopic (exact) mass is 333 g/mol. The fourth-order valence-electron chi connectivity index (χ4n) is 3.74. The summed E-state index contributed by atoms with van der Waals surface area (Å²) < 4.78 is 2.21. The molecule has 5 heteroatoms. The van der Waals surface area contributed by atoms with Crippen LogP contribution in [-0.4, -0.2) is 35.6 Å². The molecule has 0 unspecified atom stereocenters. The first-order chi connectivity index (χ1) is 11.5. The lowest BCUT2D eigenvalue weighted by atomic mass is 9.64. The Morgan fingerprint density at radius 1 is 1.33 bits per heavy atom. The molecule has 2 N–H and O–H groups in total. The van der Waals surface area contributed by atoms with Crippen LogP contribution in [0.15, 0.2) is 17.4 Å². The van der Waals surface area contributed by atoms with Crippen molar-refractivity contribution in [2.45, 2.75) is 65.8 Å². The van der Waals surface area contributed by atoms with Gasteiger partial charge in [0.1, 0.15) is 5.82 Å². The van der Waals surface area contributed by atoms with Gasteiger partial charge in [-0.15, -0.1) is 0 Å². The van der Waals surface area contributed by atoms with Crippen molar-refractivity contribution in [2.24, 2.45) is 16.3 Å². The first-order valence-electron chi connectivity index (χ1n) is 9.47. The molecule has 2 rings (SSSR count). The van der Waals surface area contributed by atoms with E-state index < -0.39 is 0 Å². The second-order valence-corrected chi connectivity index (χ2v) is 7.68. The molecule has 24 heavy (non-hydrogen) atoms. The number of rotatable bonds is 9. The van der Waals surface area contributed by atoms with Crippen LogP contribution in [0.2, 0.25) is 0 Å². The van der Waals surface area contributed by atoms with Gasteiger partial charge in [-0.2, -0.15) is 0 Å². The number of imidazole rings is 1. The number of guanidine groups is 1. The average molecular weight is 334 g/mol. The fourth-order valence-corrected chi connectivity index (χ4v) is 3.74. The highest BCUT2D eigenvalue weighted by Crippen LogP contribution is 2.45. The maximum Gasteiger partial charge on any atom is 0.190 e. The quantitative estimate of drug-likeness (QED) is 0.414. The number of nitrogens with one attached hydrogen (secondary N) is 2. The Kier molecular flexibility index (Phi) is 7.13. The topological polar surface area (TPSA) is 54.2 Å². The Labute approximate surface area is 147 Å². The van der Waals surface area contributed by atoms with Gasteiger partial charge in [0, 0.05) is 39.1 Å². The molecule has 1 fully saturated rings. The van der Waals surface area contributed by atoms with Crippen LogP contribution in [0.25, 0.3) is 0 Å². The van der Waals surface area contributed by atoms with Crippen LogP contribution < -0.4 is 10.6 Å². The third kappa shape index (κ3) is 5.53. The van der Waals surface area contributed by atoms with E-state index in [-0.39, 0.29) is 0 Å². The molecule has 5 nitrogen and oxygen atoms in total. The van der Waals surface area contributed by atoms with Crippen LogP contribution in [0.3, 0.4) is 0 Å². The second-order valence-electron chi connectivity index (χ2n) is 7.68. The predicted molar refractivity (Wildman–Crippen MR) is 101 cm³/mol. The minimum absolute atomic E-state index is 0.505. The lowest BCUT2D eigenvalue weighted by Crippen LogP contribution is -2.47. The van der Waals surface area contributed by atoms with Crippen LogP contribution in [-0.2, 0) is 6.54 Å². The van der Waals surface area contributed by atoms with Crippen LogP contribution in [0.5, 0.6) is 0 Å². The van der Waals surface area contributed by atoms with Gasteiger partial charge >= 0.3 is 0 Å². The molecule has 1 aromatic rings. The van der Waals surface area contributed by atoms with Crippen molar-refractivity contribution >= 4 is 5.96 Å². The van der Waals surface area contributed by atoms with Crippen LogP contribution >= 0.6 is 0 Å². The number of hydrogen-bond acceptors (Lipinski definition) is 2. The van der Waals surface area contributed by atoms with E-state index >= 15 is 0 Å². The maximum atomic E-state index is 4.37. The van der Waals surface area contributed by atoms with Gasteiger partial charge in [0.15, 0.2) is 5.96 Å². The molecular formula is C19H35N5. The molecule has 0 amide bonds. The lowest BCUT2D eigenvalue weighted by molar-refractivity contribution is 0.104. The van der Waals surface area contributed by atoms with Crippen LogP contribution in [0, 0.1) is 18.3 Å². The highest BCUT2D eigenvalue weighted by Gasteiger charge is 2.37. The Morgan fingerprint density at radius 3 is 2.67 bits per heavy atom. The van der Waals surface area contributed by atoms with E-state index in [1.807, 2.05) is 13.2 Å². The normalized spacial score (nSPS) is 17.0. The molecule has 0 atom stereocenters. The van der Waals surface area contributed by atoms with Gasteiger partial charge in [-0.25, -0.2) is 4.98 Å². The summed E-state index contributed by atoms with van der Waals surface area (Å²) in [4.78, 5) is 8.63. The van der Waals surface area contributed by atoms with E-state index in [1.165, 1.54) is 25.7 Å². The molecule has 1 aliphatic carbocycles. The zero-order chi connectivity index (χ0) is 17.4. The van der Waals surface area contributed by atoms with E-state index in [2.05, 4.69) is 52.1 Å². The minimum atomic E-state index is 0.505. The highest BCUT2D eigenvalue weighted by molar-refractivity contribution is 5.79. The molecule has 0 saturated heterocycles. The van der Waals surface area contributed by atoms with Gasteiger partial charge in [0.2, 0.25) is 0 Å². The summed E-state index contributed by atoms with van der Waals surface area (Å²) in [7, 11) is 1.86. The van der Waals surface area contributed by atoms with Gasteiger partial charge in [0.05, 0.1) is 0 Å². The zero-order valence-electron chi connectivity index (χ0n) is 15.9. The van der Waals surface area contributed by atoms with E-state index in [0.717, 1.165) is 50.2 Å². The first kappa shape index (κ1) is 18.8. The molecular weight excluding hydrogens is 298 g/mol. The smallest absolute Gasteiger partial charge is 0.190 e. The van der Waals surface area contributed by atoms with Gasteiger partial charge < -0.3 is 15.2 Å². The van der Waals surface area contributed by atoms with E-state index in [0.29, 0.717) is 5.41 Å². The van der Waals surface area contributed by atoms with Crippen molar-refractivity contribution in [2.75, 3.05) is 20.1 Å². The van der Waals surface area contributed by atoms with Gasteiger partial charge in [0.25, 0.3) is 0 Å². The third-order valence-electron chi connectivity index (χ3n) is 5.15. The number of aromatic nitrogens is 2. The number of aryl methyl sites for hydroxylation is 2. The van der Waals surface area contributed by atoms with Crippen molar-refractivity contribution < 1.29 is 0 Å². The SMILES string of the molecule is CN=C(NCCCCn1ccnc1C)NCC1(CC(C)C)CCC1. The summed E-state index contributed by atoms with van der Waals surface area (Å²) in [5, 5.41) is 7.01. The molecule has 0 radical (unpaired) electrons. The number of unbranched alkanes of at least 4 members (excludes halogenated alkanes) is 1. The van der Waals surface area contributed by atoms with Crippen molar-refractivity contribution in [1.29, 1.82) is 0 Å². The number of nitrogens with zero attached hydrogens (tertiary/aromatic N) is 3. The standard InChI is InChI=1S/C19H35N5/c1-16(2)14-19(8-7-9-19)15-23-18(20-4)22-10-5-6-12-24-13-11-21-17(24)3/h11,13,16H,5-10,12,14-15H2,1-4H3,(H2,20,22,23). The molecule has 1 heterocycles. The largest absolute Gasteiger partial charge is 0.356 e. The first-order valence-corrected chi connectivity index (χ1v) is 9.47. The van der Waals surface area contributed by atoms with E-state index in [4.69, 9.17) is 0 Å². The fraction of sp³-hybridized carbons (Fsp3) is 0.789. The van der Waals surface area contributed by atoms with Gasteiger partial charge in [-0.3, -0.25) is 4.99 Å². The molecule has 0 bridgehead atoms. The average Bonchev–Trinajstić information content (AvgIpc) is 2.92. The molecule has 0 aliphatic heterocycles. The maximum absolute atomic E-state index is 4.37. The van der Waals surface area contributed by atoms with Gasteiger partial charge in [-0.1, -0.05) is 20.3 Å². The zero-order valence-corrected chi connectivity index (χ0v) is 15.9.